The van der Waals surface area contributed by atoms with Gasteiger partial charge in [-0.05, 0) is 18.8 Å². The third-order valence-corrected chi connectivity index (χ3v) is 3.33. The summed E-state index contributed by atoms with van der Waals surface area (Å²) in [4.78, 5) is 24.5. The van der Waals surface area contributed by atoms with Crippen molar-refractivity contribution in [3.8, 4) is 0 Å². The van der Waals surface area contributed by atoms with Crippen molar-refractivity contribution in [2.45, 2.75) is 59.5 Å². The van der Waals surface area contributed by atoms with Gasteiger partial charge in [-0.15, -0.1) is 0 Å². The lowest BCUT2D eigenvalue weighted by molar-refractivity contribution is -0.139. The minimum Gasteiger partial charge on any atom is -0.480 e. The molecule has 0 radical (unpaired) electrons. The smallest absolute Gasteiger partial charge is 0.326 e. The number of carbonyl (C=O) groups is 2. The van der Waals surface area contributed by atoms with Crippen LogP contribution in [0.3, 0.4) is 0 Å². The topological polar surface area (TPSA) is 69.6 Å². The van der Waals surface area contributed by atoms with Gasteiger partial charge < -0.3 is 15.3 Å². The molecule has 0 heterocycles. The third kappa shape index (κ3) is 4.94. The Hall–Kier alpha value is -1.26. The molecule has 0 aliphatic rings. The van der Waals surface area contributed by atoms with Gasteiger partial charge in [-0.25, -0.2) is 9.59 Å². The number of nitrogens with zero attached hydrogens (tertiary/aromatic N) is 1. The quantitative estimate of drug-likeness (QED) is 0.795. The second kappa shape index (κ2) is 6.61. The standard InChI is InChI=1S/C13H26N2O3/c1-7-8-10(11(16)17)14-12(18)15(6)9(2)13(3,4)5/h9-10H,7-8H2,1-6H3,(H,14,18)(H,16,17). The Kier molecular flexibility index (Phi) is 6.15. The number of aliphatic carboxylic acids is 1. The Morgan fingerprint density at radius 1 is 1.33 bits per heavy atom. The predicted molar refractivity (Wildman–Crippen MR) is 71.5 cm³/mol. The third-order valence-electron chi connectivity index (χ3n) is 3.33. The zero-order chi connectivity index (χ0) is 14.5. The monoisotopic (exact) mass is 258 g/mol. The van der Waals surface area contributed by atoms with E-state index in [1.165, 1.54) is 0 Å². The van der Waals surface area contributed by atoms with Crippen molar-refractivity contribution in [1.82, 2.24) is 10.2 Å². The van der Waals surface area contributed by atoms with E-state index >= 15 is 0 Å². The molecule has 2 amide bonds. The van der Waals surface area contributed by atoms with Crippen LogP contribution >= 0.6 is 0 Å². The van der Waals surface area contributed by atoms with Crippen LogP contribution in [-0.4, -0.2) is 41.1 Å². The average molecular weight is 258 g/mol. The predicted octanol–water partition coefficient (Wildman–Crippen LogP) is 2.32. The molecule has 0 rings (SSSR count). The van der Waals surface area contributed by atoms with E-state index in [0.717, 1.165) is 6.42 Å². The van der Waals surface area contributed by atoms with Crippen molar-refractivity contribution in [3.63, 3.8) is 0 Å². The highest BCUT2D eigenvalue weighted by molar-refractivity contribution is 5.82. The van der Waals surface area contributed by atoms with E-state index in [4.69, 9.17) is 5.11 Å². The SMILES string of the molecule is CCCC(NC(=O)N(C)C(C)C(C)(C)C)C(=O)O. The van der Waals surface area contributed by atoms with Gasteiger partial charge >= 0.3 is 12.0 Å². The van der Waals surface area contributed by atoms with Crippen molar-refractivity contribution in [2.24, 2.45) is 5.41 Å². The van der Waals surface area contributed by atoms with Gasteiger partial charge in [0.2, 0.25) is 0 Å². The highest BCUT2D eigenvalue weighted by Gasteiger charge is 2.29. The van der Waals surface area contributed by atoms with Crippen LogP contribution in [0.15, 0.2) is 0 Å². The summed E-state index contributed by atoms with van der Waals surface area (Å²) in [7, 11) is 1.69. The first-order valence-corrected chi connectivity index (χ1v) is 6.37. The van der Waals surface area contributed by atoms with Gasteiger partial charge in [0.1, 0.15) is 6.04 Å². The summed E-state index contributed by atoms with van der Waals surface area (Å²) in [6, 6.07) is -1.12. The van der Waals surface area contributed by atoms with Crippen LogP contribution in [0, 0.1) is 5.41 Å². The molecular weight excluding hydrogens is 232 g/mol. The summed E-state index contributed by atoms with van der Waals surface area (Å²) in [6.07, 6.45) is 1.16. The number of hydrogen-bond acceptors (Lipinski definition) is 2. The van der Waals surface area contributed by atoms with Crippen molar-refractivity contribution in [1.29, 1.82) is 0 Å². The fourth-order valence-corrected chi connectivity index (χ4v) is 1.55. The first-order chi connectivity index (χ1) is 8.11. The highest BCUT2D eigenvalue weighted by Crippen LogP contribution is 2.22. The van der Waals surface area contributed by atoms with Crippen molar-refractivity contribution < 1.29 is 14.7 Å². The fraction of sp³-hybridized carbons (Fsp3) is 0.846. The molecule has 0 aliphatic carbocycles. The fourth-order valence-electron chi connectivity index (χ4n) is 1.55. The molecule has 5 nitrogen and oxygen atoms in total. The lowest BCUT2D eigenvalue weighted by atomic mass is 9.87. The second-order valence-corrected chi connectivity index (χ2v) is 5.78. The molecule has 0 aliphatic heterocycles. The van der Waals surface area contributed by atoms with Gasteiger partial charge in [-0.3, -0.25) is 0 Å². The molecule has 0 spiro atoms. The minimum atomic E-state index is -0.984. The Morgan fingerprint density at radius 3 is 2.17 bits per heavy atom. The molecule has 0 saturated carbocycles. The maximum Gasteiger partial charge on any atom is 0.326 e. The number of carboxylic acid groups (broad SMARTS) is 1. The normalized spacial score (nSPS) is 14.8. The summed E-state index contributed by atoms with van der Waals surface area (Å²) in [5.74, 6) is -0.984. The largest absolute Gasteiger partial charge is 0.480 e. The molecule has 2 N–H and O–H groups in total. The van der Waals surface area contributed by atoms with E-state index < -0.39 is 12.0 Å². The molecule has 0 aromatic rings. The lowest BCUT2D eigenvalue weighted by Crippen LogP contribution is -2.51. The second-order valence-electron chi connectivity index (χ2n) is 5.78. The first-order valence-electron chi connectivity index (χ1n) is 6.37. The molecule has 5 heteroatoms. The molecular formula is C13H26N2O3. The number of carboxylic acids is 1. The van der Waals surface area contributed by atoms with E-state index in [-0.39, 0.29) is 17.5 Å². The average Bonchev–Trinajstić information content (AvgIpc) is 2.24. The van der Waals surface area contributed by atoms with Crippen molar-refractivity contribution in [2.75, 3.05) is 7.05 Å². The van der Waals surface area contributed by atoms with Gasteiger partial charge in [0.05, 0.1) is 0 Å². The Morgan fingerprint density at radius 2 is 1.83 bits per heavy atom. The van der Waals surface area contributed by atoms with Crippen molar-refractivity contribution in [3.05, 3.63) is 0 Å². The lowest BCUT2D eigenvalue weighted by Gasteiger charge is -2.35. The molecule has 106 valence electrons. The zero-order valence-electron chi connectivity index (χ0n) is 12.3. The van der Waals surface area contributed by atoms with Gasteiger partial charge in [0.15, 0.2) is 0 Å². The number of nitrogens with one attached hydrogen (secondary N) is 1. The minimum absolute atomic E-state index is 0.0218. The maximum absolute atomic E-state index is 12.0. The number of urea groups is 1. The van der Waals surface area contributed by atoms with Crippen molar-refractivity contribution >= 4 is 12.0 Å². The summed E-state index contributed by atoms with van der Waals surface area (Å²) >= 11 is 0. The van der Waals surface area contributed by atoms with Crippen LogP contribution in [-0.2, 0) is 4.79 Å². The molecule has 0 saturated heterocycles. The van der Waals surface area contributed by atoms with Crippen LogP contribution in [0.1, 0.15) is 47.5 Å². The Balaban J connectivity index is 4.60. The molecule has 0 aromatic heterocycles. The van der Waals surface area contributed by atoms with Crippen LogP contribution in [0.25, 0.3) is 0 Å². The van der Waals surface area contributed by atoms with Crippen LogP contribution in [0.5, 0.6) is 0 Å². The summed E-state index contributed by atoms with van der Waals surface area (Å²) in [5.41, 5.74) is -0.0461. The molecule has 2 unspecified atom stereocenters. The van der Waals surface area contributed by atoms with E-state index in [2.05, 4.69) is 5.32 Å². The van der Waals surface area contributed by atoms with Gasteiger partial charge in [0, 0.05) is 13.1 Å². The summed E-state index contributed by atoms with van der Waals surface area (Å²) in [6.45, 7) is 9.98. The number of hydrogen-bond donors (Lipinski definition) is 2. The van der Waals surface area contributed by atoms with E-state index in [1.54, 1.807) is 11.9 Å². The van der Waals surface area contributed by atoms with Crippen LogP contribution in [0.4, 0.5) is 4.79 Å². The highest BCUT2D eigenvalue weighted by atomic mass is 16.4. The van der Waals surface area contributed by atoms with E-state index in [0.29, 0.717) is 6.42 Å². The van der Waals surface area contributed by atoms with E-state index in [1.807, 2.05) is 34.6 Å². The number of carbonyl (C=O) groups excluding carboxylic acids is 1. The Bertz CT molecular complexity index is 297. The van der Waals surface area contributed by atoms with Gasteiger partial charge in [-0.2, -0.15) is 0 Å². The zero-order valence-corrected chi connectivity index (χ0v) is 12.3. The molecule has 2 atom stereocenters. The molecule has 0 aromatic carbocycles. The molecule has 18 heavy (non-hydrogen) atoms. The van der Waals surface area contributed by atoms with E-state index in [9.17, 15) is 9.59 Å². The summed E-state index contributed by atoms with van der Waals surface area (Å²) in [5, 5.41) is 11.6. The molecule has 0 fully saturated rings. The molecule has 0 bridgehead atoms. The maximum atomic E-state index is 12.0. The number of amides is 2. The van der Waals surface area contributed by atoms with Gasteiger partial charge in [-0.1, -0.05) is 34.1 Å². The Labute approximate surface area is 110 Å². The number of rotatable bonds is 5. The van der Waals surface area contributed by atoms with Gasteiger partial charge in [0.25, 0.3) is 0 Å². The van der Waals surface area contributed by atoms with Crippen LogP contribution in [0.2, 0.25) is 0 Å². The van der Waals surface area contributed by atoms with Crippen LogP contribution < -0.4 is 5.32 Å². The first kappa shape index (κ1) is 16.7. The summed E-state index contributed by atoms with van der Waals surface area (Å²) < 4.78 is 0.